The molecule has 29 heavy (non-hydrogen) atoms. The lowest BCUT2D eigenvalue weighted by Crippen LogP contribution is -2.55. The summed E-state index contributed by atoms with van der Waals surface area (Å²) in [4.78, 5) is 0.328. The quantitative estimate of drug-likeness (QED) is 0.719. The molecule has 0 saturated carbocycles. The maximum atomic E-state index is 13.8. The lowest BCUT2D eigenvalue weighted by molar-refractivity contribution is -0.105. The number of hydrogen-bond acceptors (Lipinski definition) is 3. The molecule has 0 bridgehead atoms. The molecule has 2 aliphatic rings. The molecule has 4 nitrogen and oxygen atoms in total. The summed E-state index contributed by atoms with van der Waals surface area (Å²) >= 11 is 0. The predicted octanol–water partition coefficient (Wildman–Crippen LogP) is 4.78. The van der Waals surface area contributed by atoms with Crippen LogP contribution in [0.1, 0.15) is 44.8 Å². The van der Waals surface area contributed by atoms with Gasteiger partial charge >= 0.3 is 0 Å². The van der Waals surface area contributed by atoms with E-state index in [1.54, 1.807) is 34.6 Å². The first kappa shape index (κ1) is 20.5. The van der Waals surface area contributed by atoms with Gasteiger partial charge in [0.25, 0.3) is 0 Å². The van der Waals surface area contributed by atoms with Crippen molar-refractivity contribution in [3.63, 3.8) is 0 Å². The summed E-state index contributed by atoms with van der Waals surface area (Å²) < 4.78 is 48.6. The molecule has 2 aromatic carbocycles. The number of nitrogens with zero attached hydrogens (tertiary/aromatic N) is 1. The second kappa shape index (κ2) is 7.82. The van der Waals surface area contributed by atoms with Crippen molar-refractivity contribution < 1.29 is 17.5 Å². The molecule has 2 saturated heterocycles. The summed E-state index contributed by atoms with van der Waals surface area (Å²) in [5.74, 6) is 0.113. The van der Waals surface area contributed by atoms with E-state index in [2.05, 4.69) is 13.8 Å². The molecule has 0 aliphatic carbocycles. The summed E-state index contributed by atoms with van der Waals surface area (Å²) in [6.45, 7) is 5.11. The predicted molar refractivity (Wildman–Crippen MR) is 110 cm³/mol. The summed E-state index contributed by atoms with van der Waals surface area (Å²) in [5.41, 5.74) is 0.294. The van der Waals surface area contributed by atoms with Gasteiger partial charge in [-0.2, -0.15) is 4.31 Å². The van der Waals surface area contributed by atoms with Gasteiger partial charge in [0.05, 0.1) is 23.1 Å². The molecule has 4 rings (SSSR count). The standard InChI is InChI=1S/C23H28FNO3S/c1-17(2)21-15-23(16-28-22(21)18-8-6-9-19(24)14-18)12-7-13-25(23)29(26,27)20-10-4-3-5-11-20/h3-6,8-11,14,17,21-22H,7,12-13,15-16H2,1-2H3/t21-,22-,23-/m0/s1. The molecule has 156 valence electrons. The lowest BCUT2D eigenvalue weighted by Gasteiger charge is -2.48. The monoisotopic (exact) mass is 417 g/mol. The van der Waals surface area contributed by atoms with Gasteiger partial charge < -0.3 is 4.74 Å². The highest BCUT2D eigenvalue weighted by Gasteiger charge is 2.53. The van der Waals surface area contributed by atoms with Gasteiger partial charge in [0.1, 0.15) is 5.82 Å². The first-order valence-corrected chi connectivity index (χ1v) is 11.7. The maximum absolute atomic E-state index is 13.8. The zero-order valence-corrected chi connectivity index (χ0v) is 17.7. The molecule has 2 aromatic rings. The molecule has 0 aromatic heterocycles. The Morgan fingerprint density at radius 3 is 2.59 bits per heavy atom. The average Bonchev–Trinajstić information content (AvgIpc) is 3.12. The van der Waals surface area contributed by atoms with Gasteiger partial charge in [-0.15, -0.1) is 0 Å². The van der Waals surface area contributed by atoms with Gasteiger partial charge in [-0.1, -0.05) is 44.2 Å². The third-order valence-corrected chi connectivity index (χ3v) is 8.45. The van der Waals surface area contributed by atoms with E-state index in [4.69, 9.17) is 4.74 Å². The topological polar surface area (TPSA) is 46.6 Å². The number of rotatable bonds is 4. The van der Waals surface area contributed by atoms with Crippen LogP contribution in [0.4, 0.5) is 4.39 Å². The number of ether oxygens (including phenoxy) is 1. The van der Waals surface area contributed by atoms with E-state index in [1.807, 2.05) is 12.1 Å². The molecule has 3 atom stereocenters. The Bertz CT molecular complexity index is 963. The second-order valence-corrected chi connectivity index (χ2v) is 10.5. The van der Waals surface area contributed by atoms with Crippen LogP contribution in [0.5, 0.6) is 0 Å². The number of hydrogen-bond donors (Lipinski definition) is 0. The van der Waals surface area contributed by atoms with Crippen molar-refractivity contribution in [2.24, 2.45) is 11.8 Å². The van der Waals surface area contributed by atoms with Gasteiger partial charge in [0, 0.05) is 6.54 Å². The van der Waals surface area contributed by atoms with Gasteiger partial charge in [0.2, 0.25) is 10.0 Å². The lowest BCUT2D eigenvalue weighted by atomic mass is 9.74. The van der Waals surface area contributed by atoms with Gasteiger partial charge in [0.15, 0.2) is 0 Å². The molecule has 2 fully saturated rings. The number of benzene rings is 2. The van der Waals surface area contributed by atoms with E-state index in [0.717, 1.165) is 24.8 Å². The Hall–Kier alpha value is -1.76. The molecule has 0 unspecified atom stereocenters. The third-order valence-electron chi connectivity index (χ3n) is 6.43. The highest BCUT2D eigenvalue weighted by atomic mass is 32.2. The van der Waals surface area contributed by atoms with Crippen LogP contribution in [0.3, 0.4) is 0 Å². The molecule has 0 radical (unpaired) electrons. The Balaban J connectivity index is 1.66. The molecular formula is C23H28FNO3S. The van der Waals surface area contributed by atoms with Crippen LogP contribution in [-0.2, 0) is 14.8 Å². The van der Waals surface area contributed by atoms with Gasteiger partial charge in [-0.3, -0.25) is 0 Å². The van der Waals surface area contributed by atoms with Crippen LogP contribution in [0.2, 0.25) is 0 Å². The average molecular weight is 418 g/mol. The van der Waals surface area contributed by atoms with Gasteiger partial charge in [-0.05, 0) is 60.9 Å². The van der Waals surface area contributed by atoms with Crippen molar-refractivity contribution >= 4 is 10.0 Å². The van der Waals surface area contributed by atoms with Crippen LogP contribution >= 0.6 is 0 Å². The fourth-order valence-electron chi connectivity index (χ4n) is 4.94. The maximum Gasteiger partial charge on any atom is 0.243 e. The molecule has 2 aliphatic heterocycles. The van der Waals surface area contributed by atoms with E-state index in [1.165, 1.54) is 12.1 Å². The summed E-state index contributed by atoms with van der Waals surface area (Å²) in [6, 6.07) is 15.2. The SMILES string of the molecule is CC(C)[C@@H]1C[C@@]2(CCCN2S(=O)(=O)c2ccccc2)CO[C@H]1c1cccc(F)c1. The molecule has 0 amide bonds. The van der Waals surface area contributed by atoms with Crippen molar-refractivity contribution in [3.8, 4) is 0 Å². The Kier molecular flexibility index (Phi) is 5.53. The molecule has 2 heterocycles. The number of halogens is 1. The van der Waals surface area contributed by atoms with Gasteiger partial charge in [-0.25, -0.2) is 12.8 Å². The summed E-state index contributed by atoms with van der Waals surface area (Å²) in [6.07, 6.45) is 2.11. The van der Waals surface area contributed by atoms with E-state index >= 15 is 0 Å². The van der Waals surface area contributed by atoms with E-state index in [9.17, 15) is 12.8 Å². The molecule has 0 N–H and O–H groups in total. The normalized spacial score (nSPS) is 28.3. The first-order chi connectivity index (χ1) is 13.8. The Morgan fingerprint density at radius 1 is 1.14 bits per heavy atom. The molecule has 1 spiro atoms. The second-order valence-electron chi connectivity index (χ2n) is 8.62. The van der Waals surface area contributed by atoms with Crippen molar-refractivity contribution in [2.75, 3.05) is 13.2 Å². The van der Waals surface area contributed by atoms with Crippen LogP contribution < -0.4 is 0 Å². The minimum atomic E-state index is -3.59. The molecular weight excluding hydrogens is 389 g/mol. The number of sulfonamides is 1. The zero-order valence-electron chi connectivity index (χ0n) is 16.9. The summed E-state index contributed by atoms with van der Waals surface area (Å²) in [5, 5.41) is 0. The van der Waals surface area contributed by atoms with Crippen molar-refractivity contribution in [1.29, 1.82) is 0 Å². The fraction of sp³-hybridized carbons (Fsp3) is 0.478. The largest absolute Gasteiger partial charge is 0.371 e. The molecule has 6 heteroatoms. The van der Waals surface area contributed by atoms with Crippen molar-refractivity contribution in [2.45, 2.75) is 49.6 Å². The van der Waals surface area contributed by atoms with Crippen LogP contribution in [0.25, 0.3) is 0 Å². The highest BCUT2D eigenvalue weighted by Crippen LogP contribution is 2.49. The highest BCUT2D eigenvalue weighted by molar-refractivity contribution is 7.89. The van der Waals surface area contributed by atoms with Crippen molar-refractivity contribution in [1.82, 2.24) is 4.31 Å². The Morgan fingerprint density at radius 2 is 1.90 bits per heavy atom. The Labute approximate surface area is 172 Å². The minimum absolute atomic E-state index is 0.108. The van der Waals surface area contributed by atoms with Crippen molar-refractivity contribution in [3.05, 3.63) is 66.0 Å². The van der Waals surface area contributed by atoms with Crippen LogP contribution in [-0.4, -0.2) is 31.4 Å². The van der Waals surface area contributed by atoms with E-state index in [0.29, 0.717) is 18.0 Å². The fourth-order valence-corrected chi connectivity index (χ4v) is 6.80. The smallest absolute Gasteiger partial charge is 0.243 e. The minimum Gasteiger partial charge on any atom is -0.371 e. The van der Waals surface area contributed by atoms with E-state index in [-0.39, 0.29) is 23.8 Å². The summed E-state index contributed by atoms with van der Waals surface area (Å²) in [7, 11) is -3.59. The first-order valence-electron chi connectivity index (χ1n) is 10.3. The van der Waals surface area contributed by atoms with E-state index < -0.39 is 15.6 Å². The third kappa shape index (κ3) is 3.74. The zero-order chi connectivity index (χ0) is 20.6. The van der Waals surface area contributed by atoms with Crippen LogP contribution in [0, 0.1) is 17.7 Å². The van der Waals surface area contributed by atoms with Crippen LogP contribution in [0.15, 0.2) is 59.5 Å².